The topological polar surface area (TPSA) is 47.9 Å². The maximum Gasteiger partial charge on any atom is 0.215 e. The highest BCUT2D eigenvalue weighted by Crippen LogP contribution is 2.42. The van der Waals surface area contributed by atoms with Gasteiger partial charge >= 0.3 is 0 Å². The SMILES string of the molecule is OCC1CC2OC1C=CC21OCCO1. The highest BCUT2D eigenvalue weighted by atomic mass is 16.8. The van der Waals surface area contributed by atoms with Crippen LogP contribution in [0.15, 0.2) is 12.2 Å². The van der Waals surface area contributed by atoms with Crippen LogP contribution in [-0.2, 0) is 14.2 Å². The summed E-state index contributed by atoms with van der Waals surface area (Å²) >= 11 is 0. The van der Waals surface area contributed by atoms with Gasteiger partial charge in [-0.25, -0.2) is 0 Å². The standard InChI is InChI=1S/C10H14O4/c11-6-7-5-9-10(12-3-4-13-10)2-1-8(7)14-9/h1-2,7-9,11H,3-6H2. The Labute approximate surface area is 82.5 Å². The summed E-state index contributed by atoms with van der Waals surface area (Å²) in [7, 11) is 0. The van der Waals surface area contributed by atoms with Crippen molar-refractivity contribution >= 4 is 0 Å². The molecule has 2 saturated heterocycles. The molecule has 3 aliphatic heterocycles. The molecule has 1 N–H and O–H groups in total. The predicted molar refractivity (Wildman–Crippen MR) is 47.6 cm³/mol. The minimum absolute atomic E-state index is 0.0443. The van der Waals surface area contributed by atoms with E-state index in [2.05, 4.69) is 0 Å². The van der Waals surface area contributed by atoms with Crippen LogP contribution in [0.2, 0.25) is 0 Å². The van der Waals surface area contributed by atoms with Gasteiger partial charge in [0.15, 0.2) is 0 Å². The van der Waals surface area contributed by atoms with Crippen molar-refractivity contribution in [1.29, 1.82) is 0 Å². The van der Waals surface area contributed by atoms with Gasteiger partial charge < -0.3 is 19.3 Å². The molecule has 4 heteroatoms. The number of aliphatic hydroxyl groups is 1. The molecule has 3 rings (SSSR count). The third kappa shape index (κ3) is 1.08. The van der Waals surface area contributed by atoms with E-state index in [4.69, 9.17) is 19.3 Å². The van der Waals surface area contributed by atoms with Crippen LogP contribution in [0.3, 0.4) is 0 Å². The molecule has 14 heavy (non-hydrogen) atoms. The van der Waals surface area contributed by atoms with Gasteiger partial charge in [-0.05, 0) is 12.5 Å². The zero-order chi connectivity index (χ0) is 9.60. The van der Waals surface area contributed by atoms with Crippen molar-refractivity contribution in [3.63, 3.8) is 0 Å². The Morgan fingerprint density at radius 3 is 2.86 bits per heavy atom. The van der Waals surface area contributed by atoms with Crippen LogP contribution in [0.1, 0.15) is 6.42 Å². The van der Waals surface area contributed by atoms with Gasteiger partial charge in [-0.15, -0.1) is 0 Å². The van der Waals surface area contributed by atoms with Crippen molar-refractivity contribution in [3.05, 3.63) is 12.2 Å². The van der Waals surface area contributed by atoms with Gasteiger partial charge in [0, 0.05) is 12.5 Å². The first-order valence-corrected chi connectivity index (χ1v) is 5.08. The minimum Gasteiger partial charge on any atom is -0.396 e. The summed E-state index contributed by atoms with van der Waals surface area (Å²) in [5.41, 5.74) is 0. The third-order valence-corrected chi connectivity index (χ3v) is 3.24. The third-order valence-electron chi connectivity index (χ3n) is 3.24. The Morgan fingerprint density at radius 2 is 2.14 bits per heavy atom. The lowest BCUT2D eigenvalue weighted by Gasteiger charge is -2.32. The molecule has 0 saturated carbocycles. The first-order chi connectivity index (χ1) is 6.84. The lowest BCUT2D eigenvalue weighted by molar-refractivity contribution is -0.200. The molecular formula is C10H14O4. The summed E-state index contributed by atoms with van der Waals surface area (Å²) < 4.78 is 16.9. The van der Waals surface area contributed by atoms with E-state index in [1.165, 1.54) is 0 Å². The van der Waals surface area contributed by atoms with Gasteiger partial charge in [0.25, 0.3) is 0 Å². The monoisotopic (exact) mass is 198 g/mol. The van der Waals surface area contributed by atoms with Crippen molar-refractivity contribution < 1.29 is 19.3 Å². The Kier molecular flexibility index (Phi) is 1.92. The summed E-state index contributed by atoms with van der Waals surface area (Å²) in [6.45, 7) is 1.42. The summed E-state index contributed by atoms with van der Waals surface area (Å²) in [5.74, 6) is -0.455. The predicted octanol–water partition coefficient (Wildman–Crippen LogP) is 0.0653. The van der Waals surface area contributed by atoms with Gasteiger partial charge in [-0.3, -0.25) is 0 Å². The van der Waals surface area contributed by atoms with E-state index in [-0.39, 0.29) is 24.7 Å². The molecule has 3 unspecified atom stereocenters. The summed E-state index contributed by atoms with van der Waals surface area (Å²) in [5, 5.41) is 9.15. The molecule has 3 aliphatic rings. The zero-order valence-corrected chi connectivity index (χ0v) is 7.89. The molecule has 3 heterocycles. The molecule has 3 atom stereocenters. The highest BCUT2D eigenvalue weighted by Gasteiger charge is 2.52. The average molecular weight is 198 g/mol. The maximum absolute atomic E-state index is 9.15. The van der Waals surface area contributed by atoms with Gasteiger partial charge in [0.2, 0.25) is 5.79 Å². The van der Waals surface area contributed by atoms with E-state index in [9.17, 15) is 0 Å². The first-order valence-electron chi connectivity index (χ1n) is 5.08. The normalized spacial score (nSPS) is 43.6. The van der Waals surface area contributed by atoms with Crippen LogP contribution in [0.25, 0.3) is 0 Å². The van der Waals surface area contributed by atoms with Crippen LogP contribution < -0.4 is 0 Å². The molecule has 0 aromatic heterocycles. The smallest absolute Gasteiger partial charge is 0.215 e. The Morgan fingerprint density at radius 1 is 1.36 bits per heavy atom. The molecule has 1 spiro atoms. The van der Waals surface area contributed by atoms with E-state index in [0.717, 1.165) is 6.42 Å². The quantitative estimate of drug-likeness (QED) is 0.605. The van der Waals surface area contributed by atoms with Crippen molar-refractivity contribution in [1.82, 2.24) is 0 Å². The van der Waals surface area contributed by atoms with E-state index >= 15 is 0 Å². The molecule has 0 aliphatic carbocycles. The second-order valence-corrected chi connectivity index (χ2v) is 4.05. The lowest BCUT2D eigenvalue weighted by Crippen LogP contribution is -2.43. The van der Waals surface area contributed by atoms with Crippen molar-refractivity contribution in [2.24, 2.45) is 5.92 Å². The number of ether oxygens (including phenoxy) is 3. The number of rotatable bonds is 1. The lowest BCUT2D eigenvalue weighted by atomic mass is 10.0. The second-order valence-electron chi connectivity index (χ2n) is 4.05. The van der Waals surface area contributed by atoms with Gasteiger partial charge in [-0.1, -0.05) is 6.08 Å². The average Bonchev–Trinajstić information content (AvgIpc) is 2.77. The van der Waals surface area contributed by atoms with Crippen molar-refractivity contribution in [2.75, 3.05) is 19.8 Å². The number of aliphatic hydroxyl groups excluding tert-OH is 1. The zero-order valence-electron chi connectivity index (χ0n) is 7.89. The Balaban J connectivity index is 1.86. The van der Waals surface area contributed by atoms with E-state index in [1.807, 2.05) is 12.2 Å². The molecule has 0 radical (unpaired) electrons. The highest BCUT2D eigenvalue weighted by molar-refractivity contribution is 5.15. The van der Waals surface area contributed by atoms with Crippen molar-refractivity contribution in [2.45, 2.75) is 24.4 Å². The first kappa shape index (κ1) is 8.85. The fourth-order valence-electron chi connectivity index (χ4n) is 2.47. The minimum atomic E-state index is -0.652. The Bertz CT molecular complexity index is 257. The summed E-state index contributed by atoms with van der Waals surface area (Å²) in [6.07, 6.45) is 4.72. The second kappa shape index (κ2) is 3.03. The van der Waals surface area contributed by atoms with Gasteiger partial charge in [0.05, 0.1) is 19.3 Å². The summed E-state index contributed by atoms with van der Waals surface area (Å²) in [4.78, 5) is 0. The summed E-state index contributed by atoms with van der Waals surface area (Å²) in [6, 6.07) is 0. The molecule has 0 aromatic rings. The number of hydrogen-bond acceptors (Lipinski definition) is 4. The van der Waals surface area contributed by atoms with Gasteiger partial charge in [-0.2, -0.15) is 0 Å². The van der Waals surface area contributed by atoms with E-state index in [0.29, 0.717) is 13.2 Å². The number of hydrogen-bond donors (Lipinski definition) is 1. The van der Waals surface area contributed by atoms with Crippen LogP contribution in [0.4, 0.5) is 0 Å². The fourth-order valence-corrected chi connectivity index (χ4v) is 2.47. The fraction of sp³-hybridized carbons (Fsp3) is 0.800. The number of fused-ring (bicyclic) bond motifs is 3. The van der Waals surface area contributed by atoms with Crippen molar-refractivity contribution in [3.8, 4) is 0 Å². The maximum atomic E-state index is 9.15. The van der Waals surface area contributed by atoms with Crippen LogP contribution in [0, 0.1) is 5.92 Å². The van der Waals surface area contributed by atoms with Crippen LogP contribution >= 0.6 is 0 Å². The Hall–Kier alpha value is -0.420. The molecule has 4 nitrogen and oxygen atoms in total. The molecule has 0 aromatic carbocycles. The van der Waals surface area contributed by atoms with Crippen LogP contribution in [0.5, 0.6) is 0 Å². The molecule has 2 fully saturated rings. The van der Waals surface area contributed by atoms with Crippen LogP contribution in [-0.4, -0.2) is 42.9 Å². The largest absolute Gasteiger partial charge is 0.396 e. The van der Waals surface area contributed by atoms with E-state index in [1.54, 1.807) is 0 Å². The molecular weight excluding hydrogens is 184 g/mol. The molecule has 2 bridgehead atoms. The molecule has 0 amide bonds. The molecule has 78 valence electrons. The van der Waals surface area contributed by atoms with E-state index < -0.39 is 5.79 Å². The van der Waals surface area contributed by atoms with Gasteiger partial charge in [0.1, 0.15) is 6.10 Å².